The van der Waals surface area contributed by atoms with Crippen LogP contribution in [0, 0.1) is 0 Å². The van der Waals surface area contributed by atoms with Gasteiger partial charge < -0.3 is 0 Å². The van der Waals surface area contributed by atoms with E-state index in [9.17, 15) is 0 Å². The summed E-state index contributed by atoms with van der Waals surface area (Å²) in [5, 5.41) is 2.16. The van der Waals surface area contributed by atoms with Crippen molar-refractivity contribution < 1.29 is 9.47 Å². The maximum absolute atomic E-state index is 6.38. The minimum atomic E-state index is 0.303. The number of unbranched alkanes of at least 4 members (excludes halogenated alkanes) is 26. The summed E-state index contributed by atoms with van der Waals surface area (Å²) >= 11 is 2.55. The van der Waals surface area contributed by atoms with Crippen molar-refractivity contribution in [3.05, 3.63) is 34.6 Å². The molecular weight excluding hydrogens is 803 g/mol. The van der Waals surface area contributed by atoms with Crippen LogP contribution in [0.1, 0.15) is 194 Å². The second-order valence-electron chi connectivity index (χ2n) is 15.2. The molecule has 0 saturated carbocycles. The number of hydrogen-bond donors (Lipinski definition) is 0. The van der Waals surface area contributed by atoms with Crippen LogP contribution in [-0.4, -0.2) is 52.2 Å². The first kappa shape index (κ1) is 44.4. The standard InChI is InChI=1S/C46H72N2O2SSe2/c1-3-5-7-9-11-13-15-17-19-21-23-25-27-29-35-49-45-46(50-36-30-28-26-24-22-20-18-16-14-12-10-8-6-4-2)48-43-39(47-45)38-51-44(43)42-34-33-41(53-42)40-32-31-37-52-40/h31-34,37-38H,3-30,35-36H2,1-2H3. The zero-order valence-electron chi connectivity index (χ0n) is 33.6. The van der Waals surface area contributed by atoms with Gasteiger partial charge in [0.05, 0.1) is 0 Å². The fraction of sp³-hybridized carbons (Fsp3) is 0.696. The minimum Gasteiger partial charge on any atom is -0.0654 e. The third-order valence-electron chi connectivity index (χ3n) is 10.4. The van der Waals surface area contributed by atoms with Gasteiger partial charge in [-0.25, -0.2) is 0 Å². The minimum absolute atomic E-state index is 0.303. The molecule has 53 heavy (non-hydrogen) atoms. The fourth-order valence-corrected chi connectivity index (χ4v) is 12.7. The van der Waals surface area contributed by atoms with Crippen molar-refractivity contribution in [2.24, 2.45) is 0 Å². The molecule has 7 heteroatoms. The second kappa shape index (κ2) is 29.0. The molecule has 0 aromatic carbocycles. The molecule has 0 saturated heterocycles. The summed E-state index contributed by atoms with van der Waals surface area (Å²) in [5.74, 6) is 1.17. The monoisotopic (exact) mass is 876 g/mol. The van der Waals surface area contributed by atoms with E-state index in [1.807, 2.05) is 0 Å². The maximum atomic E-state index is 6.38. The summed E-state index contributed by atoms with van der Waals surface area (Å²) in [6.45, 7) is 5.95. The fourth-order valence-electron chi connectivity index (χ4n) is 7.14. The van der Waals surface area contributed by atoms with E-state index in [0.29, 0.717) is 54.0 Å². The number of rotatable bonds is 34. The Bertz CT molecular complexity index is 1450. The van der Waals surface area contributed by atoms with Crippen molar-refractivity contribution in [2.75, 3.05) is 13.2 Å². The van der Waals surface area contributed by atoms with Gasteiger partial charge in [-0.3, -0.25) is 0 Å². The summed E-state index contributed by atoms with van der Waals surface area (Å²) in [6.07, 6.45) is 38.0. The van der Waals surface area contributed by atoms with Crippen molar-refractivity contribution in [2.45, 2.75) is 194 Å². The Morgan fingerprint density at radius 1 is 0.491 bits per heavy atom. The van der Waals surface area contributed by atoms with Gasteiger partial charge in [-0.1, -0.05) is 136 Å². The van der Waals surface area contributed by atoms with Gasteiger partial charge in [-0.15, -0.1) is 0 Å². The first-order chi connectivity index (χ1) is 26.3. The van der Waals surface area contributed by atoms with Gasteiger partial charge in [0.2, 0.25) is 0 Å². The molecule has 0 fully saturated rings. The molecule has 0 atom stereocenters. The van der Waals surface area contributed by atoms with E-state index >= 15 is 0 Å². The van der Waals surface area contributed by atoms with Crippen molar-refractivity contribution in [3.8, 4) is 29.9 Å². The third-order valence-corrected chi connectivity index (χ3v) is 16.6. The van der Waals surface area contributed by atoms with Gasteiger partial charge in [0.15, 0.2) is 0 Å². The van der Waals surface area contributed by atoms with Crippen molar-refractivity contribution >= 4 is 51.4 Å². The summed E-state index contributed by atoms with van der Waals surface area (Å²) < 4.78 is 17.1. The van der Waals surface area contributed by atoms with E-state index in [0.717, 1.165) is 23.9 Å². The Morgan fingerprint density at radius 2 is 0.925 bits per heavy atom. The molecule has 0 radical (unpaired) electrons. The van der Waals surface area contributed by atoms with Gasteiger partial charge in [0.25, 0.3) is 0 Å². The normalized spacial score (nSPS) is 11.6. The molecule has 4 rings (SSSR count). The Balaban J connectivity index is 1.18. The van der Waals surface area contributed by atoms with Gasteiger partial charge in [0, 0.05) is 0 Å². The molecule has 0 unspecified atom stereocenters. The van der Waals surface area contributed by atoms with E-state index in [-0.39, 0.29) is 0 Å². The van der Waals surface area contributed by atoms with E-state index in [1.165, 1.54) is 185 Å². The second-order valence-corrected chi connectivity index (χ2v) is 20.3. The molecule has 0 aliphatic rings. The quantitative estimate of drug-likeness (QED) is 0.0346. The summed E-state index contributed by atoms with van der Waals surface area (Å²) in [7, 11) is 0. The molecular formula is C46H72N2O2SSe2. The molecule has 296 valence electrons. The first-order valence-corrected chi connectivity index (χ1v) is 26.4. The molecule has 4 aromatic heterocycles. The average Bonchev–Trinajstić information content (AvgIpc) is 3.96. The van der Waals surface area contributed by atoms with Crippen molar-refractivity contribution in [1.29, 1.82) is 0 Å². The first-order valence-electron chi connectivity index (χ1n) is 22.0. The van der Waals surface area contributed by atoms with Crippen molar-refractivity contribution in [1.82, 2.24) is 9.97 Å². The molecule has 0 N–H and O–H groups in total. The van der Waals surface area contributed by atoms with Crippen LogP contribution in [0.3, 0.4) is 0 Å². The van der Waals surface area contributed by atoms with Crippen LogP contribution in [0.4, 0.5) is 0 Å². The van der Waals surface area contributed by atoms with Crippen LogP contribution in [0.5, 0.6) is 11.8 Å². The molecule has 0 aliphatic carbocycles. The number of ether oxygens (including phenoxy) is 2. The predicted molar refractivity (Wildman–Crippen MR) is 234 cm³/mol. The molecule has 0 bridgehead atoms. The van der Waals surface area contributed by atoms with Gasteiger partial charge in [0.1, 0.15) is 0 Å². The topological polar surface area (TPSA) is 44.2 Å². The predicted octanol–water partition coefficient (Wildman–Crippen LogP) is 14.9. The average molecular weight is 875 g/mol. The number of aromatic nitrogens is 2. The summed E-state index contributed by atoms with van der Waals surface area (Å²) in [5.41, 5.74) is 1.91. The Kier molecular flexibility index (Phi) is 24.2. The molecule has 4 heterocycles. The zero-order chi connectivity index (χ0) is 37.0. The van der Waals surface area contributed by atoms with E-state index in [4.69, 9.17) is 19.4 Å². The summed E-state index contributed by atoms with van der Waals surface area (Å²) in [6, 6.07) is 9.14. The molecule has 0 amide bonds. The van der Waals surface area contributed by atoms with Crippen LogP contribution in [0.25, 0.3) is 29.2 Å². The van der Waals surface area contributed by atoms with E-state index < -0.39 is 0 Å². The van der Waals surface area contributed by atoms with Crippen LogP contribution < -0.4 is 9.47 Å². The van der Waals surface area contributed by atoms with Gasteiger partial charge in [-0.2, -0.15) is 0 Å². The summed E-state index contributed by atoms with van der Waals surface area (Å²) in [4.78, 5) is 13.7. The van der Waals surface area contributed by atoms with E-state index in [1.54, 1.807) is 11.3 Å². The van der Waals surface area contributed by atoms with Crippen molar-refractivity contribution in [3.63, 3.8) is 0 Å². The number of thiophene rings is 1. The van der Waals surface area contributed by atoms with Crippen LogP contribution in [-0.2, 0) is 0 Å². The van der Waals surface area contributed by atoms with Crippen LogP contribution >= 0.6 is 11.3 Å². The molecule has 4 aromatic rings. The zero-order valence-corrected chi connectivity index (χ0v) is 37.9. The Morgan fingerprint density at radius 3 is 1.38 bits per heavy atom. The van der Waals surface area contributed by atoms with Crippen LogP contribution in [0.15, 0.2) is 34.6 Å². The molecule has 0 aliphatic heterocycles. The molecule has 0 spiro atoms. The third kappa shape index (κ3) is 18.0. The Hall–Kier alpha value is -1.36. The number of nitrogens with zero attached hydrogens (tertiary/aromatic N) is 2. The van der Waals surface area contributed by atoms with Gasteiger partial charge >= 0.3 is 206 Å². The Labute approximate surface area is 340 Å². The molecule has 4 nitrogen and oxygen atoms in total. The number of fused-ring (bicyclic) bond motifs is 1. The SMILES string of the molecule is CCCCCCCCCCCCCCCCOc1nc2csc(-c3ccc(-c4ccc[se]4)[se]3)c2nc1OCCCCCCCCCCCCCCCC. The van der Waals surface area contributed by atoms with E-state index in [2.05, 4.69) is 48.4 Å². The van der Waals surface area contributed by atoms with Gasteiger partial charge in [-0.05, 0) is 0 Å². The van der Waals surface area contributed by atoms with Crippen LogP contribution in [0.2, 0.25) is 0 Å². The smallest absolute Gasteiger partial charge is 0.0654 e. The number of hydrogen-bond acceptors (Lipinski definition) is 5.